The molecule has 0 aliphatic carbocycles. The summed E-state index contributed by atoms with van der Waals surface area (Å²) in [5.41, 5.74) is 0.792. The molecule has 6 nitrogen and oxygen atoms in total. The highest BCUT2D eigenvalue weighted by Crippen LogP contribution is 2.19. The van der Waals surface area contributed by atoms with Gasteiger partial charge in [-0.3, -0.25) is 14.4 Å². The number of nitrogens with one attached hydrogen (secondary N) is 2. The number of benzene rings is 1. The molecule has 126 valence electrons. The van der Waals surface area contributed by atoms with Crippen LogP contribution in [0.15, 0.2) is 24.3 Å². The Morgan fingerprint density at radius 3 is 2.48 bits per heavy atom. The van der Waals surface area contributed by atoms with E-state index in [0.29, 0.717) is 17.3 Å². The van der Waals surface area contributed by atoms with Crippen molar-refractivity contribution >= 4 is 41.1 Å². The zero-order valence-corrected chi connectivity index (χ0v) is 14.2. The monoisotopic (exact) mass is 358 g/mol. The number of carboxylic acids is 1. The Kier molecular flexibility index (Phi) is 8.50. The van der Waals surface area contributed by atoms with Crippen LogP contribution in [-0.2, 0) is 14.4 Å². The molecule has 1 unspecified atom stereocenters. The summed E-state index contributed by atoms with van der Waals surface area (Å²) in [7, 11) is 0. The van der Waals surface area contributed by atoms with Crippen molar-refractivity contribution in [3.63, 3.8) is 0 Å². The van der Waals surface area contributed by atoms with Gasteiger partial charge in [-0.2, -0.15) is 0 Å². The summed E-state index contributed by atoms with van der Waals surface area (Å²) >= 11 is 7.07. The van der Waals surface area contributed by atoms with Crippen molar-refractivity contribution in [3.05, 3.63) is 34.9 Å². The third-order valence-corrected chi connectivity index (χ3v) is 4.03. The second kappa shape index (κ2) is 10.1. The predicted molar refractivity (Wildman–Crippen MR) is 90.6 cm³/mol. The normalized spacial score (nSPS) is 11.6. The van der Waals surface area contributed by atoms with E-state index in [1.165, 1.54) is 18.7 Å². The van der Waals surface area contributed by atoms with Gasteiger partial charge in [-0.05, 0) is 17.7 Å². The van der Waals surface area contributed by atoms with Crippen LogP contribution >= 0.6 is 23.4 Å². The number of carbonyl (C=O) groups excluding carboxylic acids is 2. The minimum atomic E-state index is -0.880. The second-order valence-corrected chi connectivity index (χ2v) is 6.35. The summed E-state index contributed by atoms with van der Waals surface area (Å²) in [5, 5.41) is 14.5. The van der Waals surface area contributed by atoms with E-state index in [1.807, 2.05) is 0 Å². The molecule has 8 heteroatoms. The molecule has 0 heterocycles. The Labute approximate surface area is 144 Å². The second-order valence-electron chi connectivity index (χ2n) is 4.81. The molecule has 0 radical (unpaired) electrons. The summed E-state index contributed by atoms with van der Waals surface area (Å²) < 4.78 is 0. The average Bonchev–Trinajstić information content (AvgIpc) is 2.46. The topological polar surface area (TPSA) is 95.5 Å². The molecule has 0 aliphatic heterocycles. The van der Waals surface area contributed by atoms with Crippen LogP contribution in [0.1, 0.15) is 24.9 Å². The van der Waals surface area contributed by atoms with E-state index in [2.05, 4.69) is 10.6 Å². The quantitative estimate of drug-likeness (QED) is 0.585. The summed E-state index contributed by atoms with van der Waals surface area (Å²) in [6, 6.07) is 6.49. The van der Waals surface area contributed by atoms with Crippen LogP contribution in [0.4, 0.5) is 0 Å². The molecule has 0 aliphatic rings. The van der Waals surface area contributed by atoms with E-state index in [9.17, 15) is 14.4 Å². The lowest BCUT2D eigenvalue weighted by Crippen LogP contribution is -2.33. The van der Waals surface area contributed by atoms with Crippen LogP contribution in [0.25, 0.3) is 0 Å². The molecule has 1 aromatic carbocycles. The summed E-state index contributed by atoms with van der Waals surface area (Å²) in [4.78, 5) is 33.6. The minimum absolute atomic E-state index is 0.00909. The summed E-state index contributed by atoms with van der Waals surface area (Å²) in [6.45, 7) is 1.77. The highest BCUT2D eigenvalue weighted by Gasteiger charge is 2.16. The SMILES string of the molecule is CC(=O)NC(CC(=O)NCCSCC(=O)O)c1ccc(Cl)cc1. The average molecular weight is 359 g/mol. The van der Waals surface area contributed by atoms with Gasteiger partial charge in [-0.25, -0.2) is 0 Å². The molecule has 1 atom stereocenters. The predicted octanol–water partition coefficient (Wildman–Crippen LogP) is 1.84. The molecule has 0 saturated carbocycles. The molecule has 0 spiro atoms. The molecule has 0 bridgehead atoms. The minimum Gasteiger partial charge on any atom is -0.481 e. The van der Waals surface area contributed by atoms with Crippen LogP contribution in [0.3, 0.4) is 0 Å². The first-order chi connectivity index (χ1) is 10.9. The van der Waals surface area contributed by atoms with Crippen molar-refractivity contribution in [2.75, 3.05) is 18.1 Å². The highest BCUT2D eigenvalue weighted by atomic mass is 35.5. The summed E-state index contributed by atoms with van der Waals surface area (Å²) in [5.74, 6) is -0.793. The number of amides is 2. The van der Waals surface area contributed by atoms with E-state index in [0.717, 1.165) is 5.56 Å². The zero-order valence-electron chi connectivity index (χ0n) is 12.7. The lowest BCUT2D eigenvalue weighted by molar-refractivity contribution is -0.134. The largest absolute Gasteiger partial charge is 0.481 e. The van der Waals surface area contributed by atoms with Crippen LogP contribution in [-0.4, -0.2) is 40.9 Å². The molecule has 0 aromatic heterocycles. The van der Waals surface area contributed by atoms with Crippen LogP contribution in [0, 0.1) is 0 Å². The van der Waals surface area contributed by atoms with E-state index >= 15 is 0 Å². The fourth-order valence-corrected chi connectivity index (χ4v) is 2.56. The summed E-state index contributed by atoms with van der Waals surface area (Å²) in [6.07, 6.45) is 0.102. The number of carboxylic acid groups (broad SMARTS) is 1. The maximum absolute atomic E-state index is 12.0. The molecule has 1 rings (SSSR count). The van der Waals surface area contributed by atoms with Gasteiger partial charge < -0.3 is 15.7 Å². The molecule has 1 aromatic rings. The molecule has 3 N–H and O–H groups in total. The maximum atomic E-state index is 12.0. The number of aliphatic carboxylic acids is 1. The number of carbonyl (C=O) groups is 3. The van der Waals surface area contributed by atoms with Crippen molar-refractivity contribution in [2.24, 2.45) is 0 Å². The number of hydrogen-bond acceptors (Lipinski definition) is 4. The van der Waals surface area contributed by atoms with Gasteiger partial charge >= 0.3 is 5.97 Å². The Morgan fingerprint density at radius 2 is 1.91 bits per heavy atom. The van der Waals surface area contributed by atoms with Gasteiger partial charge in [0.05, 0.1) is 18.2 Å². The maximum Gasteiger partial charge on any atom is 0.313 e. The Bertz CT molecular complexity index is 551. The number of hydrogen-bond donors (Lipinski definition) is 3. The van der Waals surface area contributed by atoms with Crippen LogP contribution in [0.5, 0.6) is 0 Å². The number of rotatable bonds is 9. The van der Waals surface area contributed by atoms with Gasteiger partial charge in [0.1, 0.15) is 0 Å². The van der Waals surface area contributed by atoms with Crippen molar-refractivity contribution in [1.29, 1.82) is 0 Å². The Balaban J connectivity index is 2.49. The van der Waals surface area contributed by atoms with Crippen molar-refractivity contribution in [1.82, 2.24) is 10.6 Å². The molecule has 0 fully saturated rings. The zero-order chi connectivity index (χ0) is 17.2. The lowest BCUT2D eigenvalue weighted by atomic mass is 10.0. The number of halogens is 1. The van der Waals surface area contributed by atoms with E-state index in [4.69, 9.17) is 16.7 Å². The fourth-order valence-electron chi connectivity index (χ4n) is 1.87. The Morgan fingerprint density at radius 1 is 1.26 bits per heavy atom. The van der Waals surface area contributed by atoms with Crippen molar-refractivity contribution in [3.8, 4) is 0 Å². The lowest BCUT2D eigenvalue weighted by Gasteiger charge is -2.18. The van der Waals surface area contributed by atoms with E-state index in [-0.39, 0.29) is 24.0 Å². The first-order valence-electron chi connectivity index (χ1n) is 6.97. The smallest absolute Gasteiger partial charge is 0.313 e. The molecule has 0 saturated heterocycles. The van der Waals surface area contributed by atoms with E-state index in [1.54, 1.807) is 24.3 Å². The standard InChI is InChI=1S/C15H19ClN2O4S/c1-10(19)18-13(11-2-4-12(16)5-3-11)8-14(20)17-6-7-23-9-15(21)22/h2-5,13H,6-9H2,1H3,(H,17,20)(H,18,19)(H,21,22). The van der Waals surface area contributed by atoms with Gasteiger partial charge in [-0.1, -0.05) is 23.7 Å². The number of thioether (sulfide) groups is 1. The van der Waals surface area contributed by atoms with E-state index < -0.39 is 12.0 Å². The fraction of sp³-hybridized carbons (Fsp3) is 0.400. The highest BCUT2D eigenvalue weighted by molar-refractivity contribution is 7.99. The van der Waals surface area contributed by atoms with Gasteiger partial charge in [-0.15, -0.1) is 11.8 Å². The van der Waals surface area contributed by atoms with Gasteiger partial charge in [0.15, 0.2) is 0 Å². The third kappa shape index (κ3) is 8.47. The third-order valence-electron chi connectivity index (χ3n) is 2.83. The van der Waals surface area contributed by atoms with Crippen molar-refractivity contribution < 1.29 is 19.5 Å². The van der Waals surface area contributed by atoms with Gasteiger partial charge in [0.2, 0.25) is 11.8 Å². The molecule has 23 heavy (non-hydrogen) atoms. The van der Waals surface area contributed by atoms with Crippen LogP contribution < -0.4 is 10.6 Å². The molecular formula is C15H19ClN2O4S. The van der Waals surface area contributed by atoms with Gasteiger partial charge in [0, 0.05) is 24.2 Å². The molecule has 2 amide bonds. The van der Waals surface area contributed by atoms with Gasteiger partial charge in [0.25, 0.3) is 0 Å². The Hall–Kier alpha value is -1.73. The van der Waals surface area contributed by atoms with Crippen LogP contribution in [0.2, 0.25) is 5.02 Å². The first kappa shape index (κ1) is 19.3. The van der Waals surface area contributed by atoms with Crippen molar-refractivity contribution in [2.45, 2.75) is 19.4 Å². The first-order valence-corrected chi connectivity index (χ1v) is 8.50. The molecular weight excluding hydrogens is 340 g/mol.